The number of alkyl halides is 1. The largest absolute Gasteiger partial charge is 0.465 e. The van der Waals surface area contributed by atoms with Crippen LogP contribution in [0.2, 0.25) is 0 Å². The van der Waals surface area contributed by atoms with E-state index in [9.17, 15) is 9.59 Å². The molecule has 1 aliphatic carbocycles. The minimum Gasteiger partial charge on any atom is -0.465 e. The Morgan fingerprint density at radius 2 is 1.95 bits per heavy atom. The summed E-state index contributed by atoms with van der Waals surface area (Å²) < 4.78 is 3.94. The van der Waals surface area contributed by atoms with Gasteiger partial charge in [0.15, 0.2) is 10.1 Å². The smallest absolute Gasteiger partial charge is 0.327 e. The molecule has 0 aromatic heterocycles. The Morgan fingerprint density at radius 1 is 1.25 bits per heavy atom. The second-order valence-corrected chi connectivity index (χ2v) is 5.75. The lowest BCUT2D eigenvalue weighted by atomic mass is 9.82. The van der Waals surface area contributed by atoms with Crippen LogP contribution < -0.4 is 0 Å². The van der Waals surface area contributed by atoms with E-state index in [-0.39, 0.29) is 12.4 Å². The van der Waals surface area contributed by atoms with Crippen molar-refractivity contribution in [2.24, 2.45) is 5.92 Å². The van der Waals surface area contributed by atoms with Gasteiger partial charge in [0, 0.05) is 5.56 Å². The molecule has 4 heteroatoms. The molecule has 0 fully saturated rings. The van der Waals surface area contributed by atoms with Crippen LogP contribution in [0, 0.1) is 5.92 Å². The molecule has 0 bridgehead atoms. The van der Waals surface area contributed by atoms with Gasteiger partial charge in [0.25, 0.3) is 0 Å². The third-order valence-corrected chi connectivity index (χ3v) is 4.22. The first-order valence-electron chi connectivity index (χ1n) is 6.41. The molecule has 0 amide bonds. The van der Waals surface area contributed by atoms with Crippen molar-refractivity contribution in [3.8, 4) is 0 Å². The molecule has 0 saturated heterocycles. The SMILES string of the molecule is CCOC(=O)C1(Br)C=CC=CC1C(=O)c1ccccc1. The zero-order valence-electron chi connectivity index (χ0n) is 11.1. The number of carbonyl (C=O) groups excluding carboxylic acids is 2. The topological polar surface area (TPSA) is 43.4 Å². The summed E-state index contributed by atoms with van der Waals surface area (Å²) in [5.74, 6) is -1.18. The highest BCUT2D eigenvalue weighted by atomic mass is 79.9. The third kappa shape index (κ3) is 2.75. The van der Waals surface area contributed by atoms with Crippen molar-refractivity contribution in [3.63, 3.8) is 0 Å². The summed E-state index contributed by atoms with van der Waals surface area (Å²) in [6, 6.07) is 8.94. The number of benzene rings is 1. The molecule has 1 aliphatic rings. The monoisotopic (exact) mass is 334 g/mol. The molecule has 0 heterocycles. The Kier molecular flexibility index (Phi) is 4.55. The zero-order chi connectivity index (χ0) is 14.6. The molecule has 0 spiro atoms. The number of ketones is 1. The van der Waals surface area contributed by atoms with Crippen molar-refractivity contribution in [2.45, 2.75) is 11.2 Å². The van der Waals surface area contributed by atoms with Crippen LogP contribution in [0.5, 0.6) is 0 Å². The first kappa shape index (κ1) is 14.7. The molecule has 3 nitrogen and oxygen atoms in total. The number of Topliss-reactive ketones (excluding diaryl/α,β-unsaturated/α-hetero) is 1. The van der Waals surface area contributed by atoms with Crippen molar-refractivity contribution < 1.29 is 14.3 Å². The molecule has 0 radical (unpaired) electrons. The number of hydrogen-bond acceptors (Lipinski definition) is 3. The van der Waals surface area contributed by atoms with Crippen molar-refractivity contribution >= 4 is 27.7 Å². The normalized spacial score (nSPS) is 24.4. The summed E-state index contributed by atoms with van der Waals surface area (Å²) in [4.78, 5) is 24.8. The highest BCUT2D eigenvalue weighted by molar-refractivity contribution is 9.10. The Labute approximate surface area is 126 Å². The summed E-state index contributed by atoms with van der Waals surface area (Å²) >= 11 is 3.39. The van der Waals surface area contributed by atoms with Crippen LogP contribution in [0.3, 0.4) is 0 Å². The number of carbonyl (C=O) groups is 2. The van der Waals surface area contributed by atoms with Gasteiger partial charge in [-0.05, 0) is 6.92 Å². The molecular weight excluding hydrogens is 320 g/mol. The van der Waals surface area contributed by atoms with E-state index in [1.54, 1.807) is 55.5 Å². The Hall–Kier alpha value is -1.68. The van der Waals surface area contributed by atoms with E-state index >= 15 is 0 Å². The van der Waals surface area contributed by atoms with Crippen molar-refractivity contribution in [2.75, 3.05) is 6.61 Å². The summed E-state index contributed by atoms with van der Waals surface area (Å²) in [6.07, 6.45) is 6.89. The molecular formula is C16H15BrO3. The minimum absolute atomic E-state index is 0.115. The lowest BCUT2D eigenvalue weighted by molar-refractivity contribution is -0.145. The van der Waals surface area contributed by atoms with Gasteiger partial charge in [0.1, 0.15) is 0 Å². The standard InChI is InChI=1S/C16H15BrO3/c1-2-20-15(19)16(17)11-7-6-10-13(16)14(18)12-8-4-3-5-9-12/h3-11,13H,2H2,1H3. The van der Waals surface area contributed by atoms with E-state index in [0.717, 1.165) is 0 Å². The van der Waals surface area contributed by atoms with Crippen molar-refractivity contribution in [3.05, 3.63) is 60.2 Å². The first-order valence-corrected chi connectivity index (χ1v) is 7.20. The summed E-state index contributed by atoms with van der Waals surface area (Å²) in [7, 11) is 0. The molecule has 2 rings (SSSR count). The highest BCUT2D eigenvalue weighted by Crippen LogP contribution is 2.37. The van der Waals surface area contributed by atoms with Gasteiger partial charge in [-0.3, -0.25) is 9.59 Å². The van der Waals surface area contributed by atoms with Crippen LogP contribution in [-0.4, -0.2) is 22.7 Å². The average molecular weight is 335 g/mol. The lowest BCUT2D eigenvalue weighted by Gasteiger charge is -2.30. The number of ether oxygens (including phenoxy) is 1. The van der Waals surface area contributed by atoms with Gasteiger partial charge in [0.05, 0.1) is 12.5 Å². The maximum Gasteiger partial charge on any atom is 0.327 e. The van der Waals surface area contributed by atoms with Crippen molar-refractivity contribution in [1.29, 1.82) is 0 Å². The Balaban J connectivity index is 2.33. The van der Waals surface area contributed by atoms with Gasteiger partial charge in [-0.2, -0.15) is 0 Å². The fourth-order valence-corrected chi connectivity index (χ4v) is 2.74. The van der Waals surface area contributed by atoms with Gasteiger partial charge < -0.3 is 4.74 Å². The van der Waals surface area contributed by atoms with Crippen LogP contribution in [0.1, 0.15) is 17.3 Å². The van der Waals surface area contributed by atoms with Crippen LogP contribution in [0.15, 0.2) is 54.6 Å². The van der Waals surface area contributed by atoms with Crippen molar-refractivity contribution in [1.82, 2.24) is 0 Å². The van der Waals surface area contributed by atoms with Gasteiger partial charge in [-0.25, -0.2) is 0 Å². The fourth-order valence-electron chi connectivity index (χ4n) is 2.11. The number of halogens is 1. The van der Waals surface area contributed by atoms with Gasteiger partial charge in [-0.1, -0.05) is 70.6 Å². The average Bonchev–Trinajstić information content (AvgIpc) is 2.48. The zero-order valence-corrected chi connectivity index (χ0v) is 12.7. The molecule has 1 aromatic carbocycles. The molecule has 20 heavy (non-hydrogen) atoms. The van der Waals surface area contributed by atoms with Gasteiger partial charge in [-0.15, -0.1) is 0 Å². The summed E-state index contributed by atoms with van der Waals surface area (Å²) in [5.41, 5.74) is 0.575. The second kappa shape index (κ2) is 6.18. The predicted octanol–water partition coefficient (Wildman–Crippen LogP) is 3.31. The molecule has 2 atom stereocenters. The van der Waals surface area contributed by atoms with Gasteiger partial charge >= 0.3 is 5.97 Å². The van der Waals surface area contributed by atoms with E-state index in [4.69, 9.17) is 4.74 Å². The molecule has 0 N–H and O–H groups in total. The molecule has 104 valence electrons. The maximum atomic E-state index is 12.6. The number of esters is 1. The quantitative estimate of drug-likeness (QED) is 0.482. The predicted molar refractivity (Wildman–Crippen MR) is 80.8 cm³/mol. The van der Waals surface area contributed by atoms with Gasteiger partial charge in [0.2, 0.25) is 0 Å². The fraction of sp³-hybridized carbons (Fsp3) is 0.250. The van der Waals surface area contributed by atoms with Crippen LogP contribution >= 0.6 is 15.9 Å². The Morgan fingerprint density at radius 3 is 2.60 bits per heavy atom. The summed E-state index contributed by atoms with van der Waals surface area (Å²) in [6.45, 7) is 2.01. The van der Waals surface area contributed by atoms with E-state index < -0.39 is 16.2 Å². The number of rotatable bonds is 4. The van der Waals surface area contributed by atoms with E-state index in [1.165, 1.54) is 0 Å². The maximum absolute atomic E-state index is 12.6. The number of allylic oxidation sites excluding steroid dienone is 3. The molecule has 1 aromatic rings. The first-order chi connectivity index (χ1) is 9.59. The summed E-state index contributed by atoms with van der Waals surface area (Å²) in [5, 5.41) is 0. The molecule has 2 unspecified atom stereocenters. The number of hydrogen-bond donors (Lipinski definition) is 0. The highest BCUT2D eigenvalue weighted by Gasteiger charge is 2.46. The van der Waals surface area contributed by atoms with E-state index in [2.05, 4.69) is 15.9 Å². The minimum atomic E-state index is -1.13. The van der Waals surface area contributed by atoms with Crippen LogP contribution in [0.4, 0.5) is 0 Å². The molecule has 0 saturated carbocycles. The lowest BCUT2D eigenvalue weighted by Crippen LogP contribution is -2.43. The van der Waals surface area contributed by atoms with E-state index in [0.29, 0.717) is 5.56 Å². The third-order valence-electron chi connectivity index (χ3n) is 3.14. The van der Waals surface area contributed by atoms with Crippen LogP contribution in [0.25, 0.3) is 0 Å². The van der Waals surface area contributed by atoms with Crippen LogP contribution in [-0.2, 0) is 9.53 Å². The second-order valence-electron chi connectivity index (χ2n) is 4.44. The molecule has 0 aliphatic heterocycles. The van der Waals surface area contributed by atoms with E-state index in [1.807, 2.05) is 6.07 Å². The Bertz CT molecular complexity index is 562.